The van der Waals surface area contributed by atoms with E-state index < -0.39 is 8.32 Å². The van der Waals surface area contributed by atoms with Crippen LogP contribution >= 0.6 is 0 Å². The van der Waals surface area contributed by atoms with Crippen molar-refractivity contribution in [1.29, 1.82) is 0 Å². The van der Waals surface area contributed by atoms with Crippen LogP contribution in [-0.4, -0.2) is 14.9 Å². The van der Waals surface area contributed by atoms with Gasteiger partial charge in [0.1, 0.15) is 11.5 Å². The summed E-state index contributed by atoms with van der Waals surface area (Å²) in [4.78, 5) is 12.6. The summed E-state index contributed by atoms with van der Waals surface area (Å²) in [5.74, 6) is 1.59. The summed E-state index contributed by atoms with van der Waals surface area (Å²) in [6.45, 7) is 13.2. The van der Waals surface area contributed by atoms with Gasteiger partial charge >= 0.3 is 0 Å². The molecule has 2 aromatic carbocycles. The van der Waals surface area contributed by atoms with Crippen molar-refractivity contribution in [3.63, 3.8) is 0 Å². The Hall–Kier alpha value is -2.43. The fourth-order valence-corrected chi connectivity index (χ4v) is 9.24. The number of hydrogen-bond acceptors (Lipinski definition) is 3. The molecule has 0 aliphatic rings. The Bertz CT molecular complexity index is 1040. The molecule has 0 aliphatic heterocycles. The third-order valence-corrected chi connectivity index (χ3v) is 11.4. The molecule has 3 nitrogen and oxygen atoms in total. The summed E-state index contributed by atoms with van der Waals surface area (Å²) < 4.78 is 13.1. The van der Waals surface area contributed by atoms with Crippen LogP contribution in [0.5, 0.6) is 0 Å². The van der Waals surface area contributed by atoms with Crippen LogP contribution < -0.4 is 15.8 Å². The van der Waals surface area contributed by atoms with Gasteiger partial charge in [-0.3, -0.25) is 4.79 Å². The SMILES string of the molecule is CCc1oc(CCCO[Si](c2ccccc2)(c2ccccc2)C(C)(C)C)c(C)c(=O)c1C. The van der Waals surface area contributed by atoms with Crippen LogP contribution in [0.2, 0.25) is 5.04 Å². The molecule has 0 atom stereocenters. The molecule has 0 spiro atoms. The second-order valence-electron chi connectivity index (χ2n) is 9.50. The monoisotopic (exact) mass is 448 g/mol. The largest absolute Gasteiger partial charge is 0.465 e. The molecule has 170 valence electrons. The fraction of sp³-hybridized carbons (Fsp3) is 0.393. The van der Waals surface area contributed by atoms with Crippen LogP contribution in [0.15, 0.2) is 69.9 Å². The van der Waals surface area contributed by atoms with Gasteiger partial charge in [0.15, 0.2) is 5.43 Å². The van der Waals surface area contributed by atoms with Gasteiger partial charge in [0.25, 0.3) is 8.32 Å². The van der Waals surface area contributed by atoms with Crippen molar-refractivity contribution < 1.29 is 8.84 Å². The molecule has 32 heavy (non-hydrogen) atoms. The molecule has 0 unspecified atom stereocenters. The first-order chi connectivity index (χ1) is 15.2. The van der Waals surface area contributed by atoms with Crippen LogP contribution in [0, 0.1) is 13.8 Å². The lowest BCUT2D eigenvalue weighted by Crippen LogP contribution is -2.66. The summed E-state index contributed by atoms with van der Waals surface area (Å²) in [5, 5.41) is 2.52. The number of hydrogen-bond donors (Lipinski definition) is 0. The molecule has 0 N–H and O–H groups in total. The highest BCUT2D eigenvalue weighted by atomic mass is 28.4. The average molecular weight is 449 g/mol. The topological polar surface area (TPSA) is 39.4 Å². The molecule has 0 fully saturated rings. The van der Waals surface area contributed by atoms with Gasteiger partial charge in [0, 0.05) is 30.6 Å². The van der Waals surface area contributed by atoms with Crippen molar-refractivity contribution >= 4 is 18.7 Å². The molecular formula is C28H36O3Si. The van der Waals surface area contributed by atoms with Crippen LogP contribution in [0.25, 0.3) is 0 Å². The summed E-state index contributed by atoms with van der Waals surface area (Å²) in [7, 11) is -2.53. The third kappa shape index (κ3) is 4.67. The zero-order chi connectivity index (χ0) is 23.4. The van der Waals surface area contributed by atoms with E-state index in [1.54, 1.807) is 0 Å². The predicted octanol–water partition coefficient (Wildman–Crippen LogP) is 5.33. The van der Waals surface area contributed by atoms with Gasteiger partial charge in [-0.1, -0.05) is 88.4 Å². The minimum absolute atomic E-state index is 0.0442. The van der Waals surface area contributed by atoms with Crippen molar-refractivity contribution in [2.75, 3.05) is 6.61 Å². The molecule has 0 radical (unpaired) electrons. The smallest absolute Gasteiger partial charge is 0.261 e. The maximum atomic E-state index is 12.6. The van der Waals surface area contributed by atoms with Gasteiger partial charge in [0.2, 0.25) is 0 Å². The second kappa shape index (κ2) is 10.0. The standard InChI is InChI=1S/C28H36O3Si/c1-7-25-21(2)27(29)22(3)26(31-25)19-14-20-30-32(28(4,5)6,23-15-10-8-11-16-23)24-17-12-9-13-18-24/h8-13,15-18H,7,14,19-20H2,1-6H3. The minimum atomic E-state index is -2.53. The van der Waals surface area contributed by atoms with Crippen LogP contribution in [0.3, 0.4) is 0 Å². The van der Waals surface area contributed by atoms with Crippen molar-refractivity contribution in [2.24, 2.45) is 0 Å². The van der Waals surface area contributed by atoms with Gasteiger partial charge in [-0.2, -0.15) is 0 Å². The van der Waals surface area contributed by atoms with E-state index in [0.717, 1.165) is 35.5 Å². The van der Waals surface area contributed by atoms with Gasteiger partial charge < -0.3 is 8.84 Å². The molecule has 1 heterocycles. The highest BCUT2D eigenvalue weighted by Gasteiger charge is 2.49. The lowest BCUT2D eigenvalue weighted by Gasteiger charge is -2.43. The molecule has 0 saturated heterocycles. The van der Waals surface area contributed by atoms with E-state index in [-0.39, 0.29) is 10.5 Å². The Morgan fingerprint density at radius 2 is 1.34 bits per heavy atom. The minimum Gasteiger partial charge on any atom is -0.465 e. The molecular weight excluding hydrogens is 412 g/mol. The Labute approximate surface area is 193 Å². The van der Waals surface area contributed by atoms with Gasteiger partial charge in [0.05, 0.1) is 0 Å². The predicted molar refractivity (Wildman–Crippen MR) is 136 cm³/mol. The summed E-state index contributed by atoms with van der Waals surface area (Å²) >= 11 is 0. The maximum Gasteiger partial charge on any atom is 0.261 e. The molecule has 3 rings (SSSR count). The van der Waals surface area contributed by atoms with E-state index in [1.807, 2.05) is 20.8 Å². The highest BCUT2D eigenvalue weighted by Crippen LogP contribution is 2.36. The maximum absolute atomic E-state index is 12.6. The highest BCUT2D eigenvalue weighted by molar-refractivity contribution is 6.99. The van der Waals surface area contributed by atoms with Gasteiger partial charge in [-0.25, -0.2) is 0 Å². The quantitative estimate of drug-likeness (QED) is 0.345. The van der Waals surface area contributed by atoms with E-state index >= 15 is 0 Å². The van der Waals surface area contributed by atoms with Crippen molar-refractivity contribution in [1.82, 2.24) is 0 Å². The van der Waals surface area contributed by atoms with E-state index in [1.165, 1.54) is 10.4 Å². The van der Waals surface area contributed by atoms with Gasteiger partial charge in [-0.15, -0.1) is 0 Å². The van der Waals surface area contributed by atoms with E-state index in [2.05, 4.69) is 81.4 Å². The lowest BCUT2D eigenvalue weighted by molar-refractivity contribution is 0.286. The second-order valence-corrected chi connectivity index (χ2v) is 13.8. The Kier molecular flexibility index (Phi) is 7.58. The number of rotatable bonds is 8. The molecule has 0 aliphatic carbocycles. The summed E-state index contributed by atoms with van der Waals surface area (Å²) in [5.41, 5.74) is 1.57. The molecule has 0 saturated carbocycles. The van der Waals surface area contributed by atoms with E-state index in [0.29, 0.717) is 13.0 Å². The average Bonchev–Trinajstić information content (AvgIpc) is 2.79. The Morgan fingerprint density at radius 1 is 0.844 bits per heavy atom. The summed E-state index contributed by atoms with van der Waals surface area (Å²) in [6, 6.07) is 21.4. The first-order valence-corrected chi connectivity index (χ1v) is 13.5. The number of benzene rings is 2. The van der Waals surface area contributed by atoms with Crippen molar-refractivity contribution in [3.8, 4) is 0 Å². The normalized spacial score (nSPS) is 12.2. The third-order valence-electron chi connectivity index (χ3n) is 6.37. The molecule has 4 heteroatoms. The molecule has 0 bridgehead atoms. The molecule has 3 aromatic rings. The molecule has 0 amide bonds. The van der Waals surface area contributed by atoms with Crippen LogP contribution in [0.1, 0.15) is 56.8 Å². The van der Waals surface area contributed by atoms with Crippen LogP contribution in [0.4, 0.5) is 0 Å². The van der Waals surface area contributed by atoms with Crippen molar-refractivity contribution in [2.45, 2.75) is 65.8 Å². The molecule has 1 aromatic heterocycles. The first-order valence-electron chi connectivity index (χ1n) is 11.6. The van der Waals surface area contributed by atoms with Gasteiger partial charge in [-0.05, 0) is 35.7 Å². The Morgan fingerprint density at radius 3 is 1.81 bits per heavy atom. The zero-order valence-corrected chi connectivity index (χ0v) is 21.3. The fourth-order valence-electron chi connectivity index (χ4n) is 4.63. The zero-order valence-electron chi connectivity index (χ0n) is 20.3. The summed E-state index contributed by atoms with van der Waals surface area (Å²) in [6.07, 6.45) is 2.24. The lowest BCUT2D eigenvalue weighted by atomic mass is 10.1. The van der Waals surface area contributed by atoms with E-state index in [9.17, 15) is 4.79 Å². The Balaban J connectivity index is 1.90. The van der Waals surface area contributed by atoms with Crippen LogP contribution in [-0.2, 0) is 17.3 Å². The number of aryl methyl sites for hydroxylation is 2. The van der Waals surface area contributed by atoms with E-state index in [4.69, 9.17) is 8.84 Å². The first kappa shape index (κ1) is 24.2. The van der Waals surface area contributed by atoms with Crippen molar-refractivity contribution in [3.05, 3.63) is 93.5 Å².